The third-order valence-corrected chi connectivity index (χ3v) is 2.84. The van der Waals surface area contributed by atoms with Crippen molar-refractivity contribution in [2.45, 2.75) is 19.9 Å². The summed E-state index contributed by atoms with van der Waals surface area (Å²) < 4.78 is 0. The number of amides is 1. The summed E-state index contributed by atoms with van der Waals surface area (Å²) in [6.07, 6.45) is 6.22. The van der Waals surface area contributed by atoms with E-state index in [-0.39, 0.29) is 5.91 Å². The largest absolute Gasteiger partial charge is 0.355 e. The lowest BCUT2D eigenvalue weighted by Crippen LogP contribution is -2.33. The fourth-order valence-corrected chi connectivity index (χ4v) is 1.84. The van der Waals surface area contributed by atoms with Crippen LogP contribution in [0.25, 0.3) is 11.3 Å². The van der Waals surface area contributed by atoms with Crippen LogP contribution in [0.2, 0.25) is 0 Å². The molecule has 0 unspecified atom stereocenters. The van der Waals surface area contributed by atoms with Gasteiger partial charge in [0.05, 0.1) is 18.4 Å². The van der Waals surface area contributed by atoms with E-state index < -0.39 is 0 Å². The summed E-state index contributed by atoms with van der Waals surface area (Å²) in [5.41, 5.74) is 2.93. The van der Waals surface area contributed by atoms with Gasteiger partial charge in [0.15, 0.2) is 0 Å². The molecular weight excluding hydrogens is 254 g/mol. The maximum atomic E-state index is 11.5. The zero-order chi connectivity index (χ0) is 14.2. The van der Waals surface area contributed by atoms with Crippen molar-refractivity contribution in [2.75, 3.05) is 13.1 Å². The molecule has 0 spiro atoms. The normalized spacial score (nSPS) is 10.4. The average Bonchev–Trinajstić information content (AvgIpc) is 2.94. The number of carbonyl (C=O) groups is 1. The van der Waals surface area contributed by atoms with Gasteiger partial charge >= 0.3 is 0 Å². The highest BCUT2D eigenvalue weighted by Gasteiger charge is 2.08. The van der Waals surface area contributed by atoms with E-state index in [1.165, 1.54) is 0 Å². The third kappa shape index (κ3) is 3.89. The molecule has 2 aromatic heterocycles. The first-order valence-corrected chi connectivity index (χ1v) is 6.71. The van der Waals surface area contributed by atoms with Crippen molar-refractivity contribution < 1.29 is 4.79 Å². The monoisotopic (exact) mass is 273 g/mol. The molecule has 0 aliphatic carbocycles. The Morgan fingerprint density at radius 3 is 3.05 bits per heavy atom. The van der Waals surface area contributed by atoms with Crippen LogP contribution < -0.4 is 10.6 Å². The van der Waals surface area contributed by atoms with Crippen LogP contribution in [0.3, 0.4) is 0 Å². The third-order valence-electron chi connectivity index (χ3n) is 2.84. The van der Waals surface area contributed by atoms with Crippen LogP contribution in [0.1, 0.15) is 18.9 Å². The molecule has 0 saturated heterocycles. The number of pyridine rings is 1. The molecule has 0 fully saturated rings. The summed E-state index contributed by atoms with van der Waals surface area (Å²) in [6, 6.07) is 3.85. The van der Waals surface area contributed by atoms with E-state index in [2.05, 4.69) is 25.8 Å². The molecule has 0 aliphatic rings. The van der Waals surface area contributed by atoms with Crippen molar-refractivity contribution in [2.24, 2.45) is 0 Å². The summed E-state index contributed by atoms with van der Waals surface area (Å²) in [4.78, 5) is 15.6. The van der Waals surface area contributed by atoms with Gasteiger partial charge in [0.1, 0.15) is 0 Å². The Labute approximate surface area is 118 Å². The standard InChI is InChI=1S/C14H19N5O/c1-2-5-17-13(20)10-16-8-12-9-18-19-14(12)11-4-3-6-15-7-11/h3-4,6-7,9,16H,2,5,8,10H2,1H3,(H,17,20)(H,18,19). The first-order valence-electron chi connectivity index (χ1n) is 6.71. The predicted octanol–water partition coefficient (Wildman–Crippen LogP) is 1.09. The highest BCUT2D eigenvalue weighted by Crippen LogP contribution is 2.19. The topological polar surface area (TPSA) is 82.7 Å². The lowest BCUT2D eigenvalue weighted by atomic mass is 10.1. The average molecular weight is 273 g/mol. The van der Waals surface area contributed by atoms with Crippen molar-refractivity contribution >= 4 is 5.91 Å². The SMILES string of the molecule is CCCNC(=O)CNCc1cn[nH]c1-c1cccnc1. The van der Waals surface area contributed by atoms with E-state index in [1.807, 2.05) is 19.1 Å². The van der Waals surface area contributed by atoms with Crippen molar-refractivity contribution in [3.05, 3.63) is 36.3 Å². The summed E-state index contributed by atoms with van der Waals surface area (Å²) in [7, 11) is 0. The van der Waals surface area contributed by atoms with Gasteiger partial charge in [-0.25, -0.2) is 0 Å². The molecule has 0 atom stereocenters. The number of nitrogens with zero attached hydrogens (tertiary/aromatic N) is 2. The van der Waals surface area contributed by atoms with Gasteiger partial charge < -0.3 is 10.6 Å². The van der Waals surface area contributed by atoms with Gasteiger partial charge in [0.2, 0.25) is 5.91 Å². The second-order valence-corrected chi connectivity index (χ2v) is 4.47. The maximum absolute atomic E-state index is 11.5. The van der Waals surface area contributed by atoms with E-state index in [0.717, 1.165) is 23.2 Å². The molecule has 2 rings (SSSR count). The molecule has 6 heteroatoms. The smallest absolute Gasteiger partial charge is 0.233 e. The molecule has 0 radical (unpaired) electrons. The molecule has 2 heterocycles. The fraction of sp³-hybridized carbons (Fsp3) is 0.357. The van der Waals surface area contributed by atoms with Gasteiger partial charge in [-0.05, 0) is 18.6 Å². The molecule has 0 aromatic carbocycles. The quantitative estimate of drug-likeness (QED) is 0.705. The Morgan fingerprint density at radius 1 is 1.40 bits per heavy atom. The number of carbonyl (C=O) groups excluding carboxylic acids is 1. The highest BCUT2D eigenvalue weighted by molar-refractivity contribution is 5.77. The summed E-state index contributed by atoms with van der Waals surface area (Å²) >= 11 is 0. The Balaban J connectivity index is 1.89. The number of aromatic nitrogens is 3. The van der Waals surface area contributed by atoms with Crippen molar-refractivity contribution in [3.63, 3.8) is 0 Å². The first-order chi connectivity index (χ1) is 9.81. The molecule has 3 N–H and O–H groups in total. The van der Waals surface area contributed by atoms with Crippen LogP contribution in [0.4, 0.5) is 0 Å². The van der Waals surface area contributed by atoms with Crippen LogP contribution in [0.15, 0.2) is 30.7 Å². The molecule has 0 bridgehead atoms. The van der Waals surface area contributed by atoms with E-state index in [1.54, 1.807) is 18.6 Å². The number of hydrogen-bond acceptors (Lipinski definition) is 4. The van der Waals surface area contributed by atoms with Crippen molar-refractivity contribution in [1.82, 2.24) is 25.8 Å². The predicted molar refractivity (Wildman–Crippen MR) is 76.8 cm³/mol. The lowest BCUT2D eigenvalue weighted by Gasteiger charge is -2.06. The Hall–Kier alpha value is -2.21. The minimum atomic E-state index is 0.0123. The van der Waals surface area contributed by atoms with Crippen LogP contribution in [-0.4, -0.2) is 34.2 Å². The zero-order valence-corrected chi connectivity index (χ0v) is 11.5. The molecule has 0 saturated carbocycles. The number of H-pyrrole nitrogens is 1. The Bertz CT molecular complexity index is 538. The molecule has 106 valence electrons. The van der Waals surface area contributed by atoms with Gasteiger partial charge in [0.25, 0.3) is 0 Å². The molecule has 2 aromatic rings. The van der Waals surface area contributed by atoms with E-state index in [4.69, 9.17) is 0 Å². The number of hydrogen-bond donors (Lipinski definition) is 3. The van der Waals surface area contributed by atoms with Crippen molar-refractivity contribution in [3.8, 4) is 11.3 Å². The van der Waals surface area contributed by atoms with Crippen LogP contribution in [0, 0.1) is 0 Å². The maximum Gasteiger partial charge on any atom is 0.233 e. The van der Waals surface area contributed by atoms with Crippen LogP contribution in [0.5, 0.6) is 0 Å². The van der Waals surface area contributed by atoms with Crippen LogP contribution in [-0.2, 0) is 11.3 Å². The van der Waals surface area contributed by atoms with E-state index in [9.17, 15) is 4.79 Å². The second-order valence-electron chi connectivity index (χ2n) is 4.47. The van der Waals surface area contributed by atoms with Gasteiger partial charge in [-0.15, -0.1) is 0 Å². The number of nitrogens with one attached hydrogen (secondary N) is 3. The van der Waals surface area contributed by atoms with Gasteiger partial charge in [-0.1, -0.05) is 6.92 Å². The summed E-state index contributed by atoms with van der Waals surface area (Å²) in [6.45, 7) is 3.63. The Morgan fingerprint density at radius 2 is 2.30 bits per heavy atom. The number of rotatable bonds is 7. The van der Waals surface area contributed by atoms with E-state index >= 15 is 0 Å². The highest BCUT2D eigenvalue weighted by atomic mass is 16.1. The zero-order valence-electron chi connectivity index (χ0n) is 11.5. The molecule has 0 aliphatic heterocycles. The van der Waals surface area contributed by atoms with E-state index in [0.29, 0.717) is 19.6 Å². The minimum absolute atomic E-state index is 0.0123. The summed E-state index contributed by atoms with van der Waals surface area (Å²) in [5, 5.41) is 13.0. The molecular formula is C14H19N5O. The van der Waals surface area contributed by atoms with Crippen molar-refractivity contribution in [1.29, 1.82) is 0 Å². The van der Waals surface area contributed by atoms with Crippen LogP contribution >= 0.6 is 0 Å². The first kappa shape index (κ1) is 14.2. The Kier molecular flexibility index (Phi) is 5.25. The summed E-state index contributed by atoms with van der Waals surface area (Å²) in [5.74, 6) is 0.0123. The number of aromatic amines is 1. The minimum Gasteiger partial charge on any atom is -0.355 e. The van der Waals surface area contributed by atoms with Gasteiger partial charge in [0, 0.05) is 36.6 Å². The van der Waals surface area contributed by atoms with Gasteiger partial charge in [-0.2, -0.15) is 5.10 Å². The molecule has 6 nitrogen and oxygen atoms in total. The lowest BCUT2D eigenvalue weighted by molar-refractivity contribution is -0.120. The van der Waals surface area contributed by atoms with Gasteiger partial charge in [-0.3, -0.25) is 14.9 Å². The second kappa shape index (κ2) is 7.40. The fourth-order valence-electron chi connectivity index (χ4n) is 1.84. The molecule has 20 heavy (non-hydrogen) atoms. The molecule has 1 amide bonds.